The molecule has 1 unspecified atom stereocenters. The second-order valence-corrected chi connectivity index (χ2v) is 4.01. The molecule has 0 fully saturated rings. The van der Waals surface area contributed by atoms with Gasteiger partial charge < -0.3 is 14.6 Å². The van der Waals surface area contributed by atoms with Crippen LogP contribution in [0.15, 0.2) is 12.1 Å². The van der Waals surface area contributed by atoms with E-state index >= 15 is 0 Å². The lowest BCUT2D eigenvalue weighted by molar-refractivity contribution is 0.164. The Morgan fingerprint density at radius 3 is 2.87 bits per heavy atom. The minimum Gasteiger partial charge on any atom is -0.486 e. The van der Waals surface area contributed by atoms with Gasteiger partial charge in [-0.1, -0.05) is 11.6 Å². The lowest BCUT2D eigenvalue weighted by Crippen LogP contribution is -2.18. The zero-order valence-electron chi connectivity index (χ0n) is 8.50. The number of rotatable bonds is 2. The van der Waals surface area contributed by atoms with Crippen LogP contribution in [0.3, 0.4) is 0 Å². The second-order valence-electron chi connectivity index (χ2n) is 3.60. The number of benzene rings is 1. The van der Waals surface area contributed by atoms with Crippen molar-refractivity contribution in [1.82, 2.24) is 0 Å². The van der Waals surface area contributed by atoms with Crippen molar-refractivity contribution in [3.8, 4) is 11.5 Å². The van der Waals surface area contributed by atoms with Crippen molar-refractivity contribution in [2.75, 3.05) is 13.2 Å². The number of ether oxygens (including phenoxy) is 2. The molecule has 0 saturated heterocycles. The Balaban J connectivity index is 2.41. The van der Waals surface area contributed by atoms with Crippen LogP contribution in [-0.2, 0) is 6.42 Å². The fraction of sp³-hybridized carbons (Fsp3) is 0.455. The van der Waals surface area contributed by atoms with Gasteiger partial charge in [-0.2, -0.15) is 0 Å². The Hall–Kier alpha value is -0.930. The minimum atomic E-state index is -0.445. The molecular formula is C11H13ClO3. The van der Waals surface area contributed by atoms with Crippen molar-refractivity contribution < 1.29 is 14.6 Å². The highest BCUT2D eigenvalue weighted by Crippen LogP contribution is 2.38. The number of hydrogen-bond acceptors (Lipinski definition) is 3. The lowest BCUT2D eigenvalue weighted by atomic mass is 10.1. The zero-order chi connectivity index (χ0) is 10.8. The summed E-state index contributed by atoms with van der Waals surface area (Å²) in [7, 11) is 0. The maximum atomic E-state index is 9.38. The van der Waals surface area contributed by atoms with Crippen LogP contribution in [0.2, 0.25) is 5.02 Å². The summed E-state index contributed by atoms with van der Waals surface area (Å²) >= 11 is 6.06. The predicted octanol–water partition coefficient (Wildman–Crippen LogP) is 2.03. The van der Waals surface area contributed by atoms with Crippen LogP contribution in [0.1, 0.15) is 12.5 Å². The van der Waals surface area contributed by atoms with Crippen molar-refractivity contribution in [2.45, 2.75) is 19.4 Å². The Kier molecular flexibility index (Phi) is 3.03. The van der Waals surface area contributed by atoms with Crippen molar-refractivity contribution in [3.63, 3.8) is 0 Å². The summed E-state index contributed by atoms with van der Waals surface area (Å²) < 4.78 is 11.0. The van der Waals surface area contributed by atoms with Gasteiger partial charge in [-0.25, -0.2) is 0 Å². The van der Waals surface area contributed by atoms with E-state index in [9.17, 15) is 5.11 Å². The quantitative estimate of drug-likeness (QED) is 0.842. The fourth-order valence-corrected chi connectivity index (χ4v) is 1.86. The van der Waals surface area contributed by atoms with Gasteiger partial charge in [-0.05, 0) is 19.1 Å². The van der Waals surface area contributed by atoms with Crippen molar-refractivity contribution >= 4 is 11.6 Å². The largest absolute Gasteiger partial charge is 0.486 e. The topological polar surface area (TPSA) is 38.7 Å². The molecule has 0 saturated carbocycles. The molecule has 1 N–H and O–H groups in total. The van der Waals surface area contributed by atoms with Crippen LogP contribution in [0.5, 0.6) is 11.5 Å². The highest BCUT2D eigenvalue weighted by molar-refractivity contribution is 6.31. The van der Waals surface area contributed by atoms with E-state index in [1.165, 1.54) is 0 Å². The van der Waals surface area contributed by atoms with E-state index in [0.717, 1.165) is 5.56 Å². The fourth-order valence-electron chi connectivity index (χ4n) is 1.64. The van der Waals surface area contributed by atoms with Crippen LogP contribution in [0, 0.1) is 0 Å². The molecule has 4 heteroatoms. The van der Waals surface area contributed by atoms with E-state index in [1.54, 1.807) is 19.1 Å². The third-order valence-corrected chi connectivity index (χ3v) is 2.61. The van der Waals surface area contributed by atoms with Gasteiger partial charge in [0.05, 0.1) is 6.10 Å². The number of hydrogen-bond donors (Lipinski definition) is 1. The molecule has 0 spiro atoms. The Morgan fingerprint density at radius 1 is 1.40 bits per heavy atom. The van der Waals surface area contributed by atoms with E-state index in [4.69, 9.17) is 21.1 Å². The van der Waals surface area contributed by atoms with Crippen molar-refractivity contribution in [3.05, 3.63) is 22.7 Å². The first-order chi connectivity index (χ1) is 7.18. The number of fused-ring (bicyclic) bond motifs is 1. The molecule has 2 rings (SSSR count). The summed E-state index contributed by atoms with van der Waals surface area (Å²) in [5.41, 5.74) is 0.823. The summed E-state index contributed by atoms with van der Waals surface area (Å²) in [5.74, 6) is 1.39. The predicted molar refractivity (Wildman–Crippen MR) is 57.8 cm³/mol. The SMILES string of the molecule is CC(O)Cc1c(Cl)ccc2c1OCCO2. The van der Waals surface area contributed by atoms with E-state index < -0.39 is 6.10 Å². The molecule has 0 amide bonds. The highest BCUT2D eigenvalue weighted by atomic mass is 35.5. The maximum absolute atomic E-state index is 9.38. The molecule has 1 heterocycles. The van der Waals surface area contributed by atoms with Gasteiger partial charge in [-0.15, -0.1) is 0 Å². The molecule has 0 radical (unpaired) electrons. The van der Waals surface area contributed by atoms with Gasteiger partial charge in [0.25, 0.3) is 0 Å². The van der Waals surface area contributed by atoms with Crippen LogP contribution in [0.25, 0.3) is 0 Å². The molecule has 3 nitrogen and oxygen atoms in total. The van der Waals surface area contributed by atoms with Crippen LogP contribution in [0.4, 0.5) is 0 Å². The third-order valence-electron chi connectivity index (χ3n) is 2.25. The van der Waals surface area contributed by atoms with Gasteiger partial charge in [0, 0.05) is 17.0 Å². The van der Waals surface area contributed by atoms with Gasteiger partial charge in [0.15, 0.2) is 11.5 Å². The Labute approximate surface area is 93.6 Å². The number of halogens is 1. The minimum absolute atomic E-state index is 0.445. The number of aliphatic hydroxyl groups excluding tert-OH is 1. The first-order valence-electron chi connectivity index (χ1n) is 4.93. The molecule has 0 aliphatic carbocycles. The summed E-state index contributed by atoms with van der Waals surface area (Å²) in [5, 5.41) is 9.99. The first kappa shape index (κ1) is 10.6. The van der Waals surface area contributed by atoms with E-state index in [2.05, 4.69) is 0 Å². The average molecular weight is 229 g/mol. The Morgan fingerprint density at radius 2 is 2.13 bits per heavy atom. The molecule has 1 aliphatic rings. The molecule has 1 atom stereocenters. The standard InChI is InChI=1S/C11H13ClO3/c1-7(13)6-8-9(12)2-3-10-11(8)15-5-4-14-10/h2-3,7,13H,4-6H2,1H3. The summed E-state index contributed by atoms with van der Waals surface area (Å²) in [6.45, 7) is 2.81. The molecule has 1 aliphatic heterocycles. The molecule has 0 aromatic heterocycles. The Bertz CT molecular complexity index is 363. The molecular weight excluding hydrogens is 216 g/mol. The van der Waals surface area contributed by atoms with Crippen LogP contribution < -0.4 is 9.47 Å². The van der Waals surface area contributed by atoms with E-state index in [-0.39, 0.29) is 0 Å². The highest BCUT2D eigenvalue weighted by Gasteiger charge is 2.19. The smallest absolute Gasteiger partial charge is 0.166 e. The summed E-state index contributed by atoms with van der Waals surface area (Å²) in [6, 6.07) is 3.56. The van der Waals surface area contributed by atoms with Gasteiger partial charge in [0.1, 0.15) is 13.2 Å². The molecule has 0 bridgehead atoms. The molecule has 1 aromatic carbocycles. The van der Waals surface area contributed by atoms with Gasteiger partial charge >= 0.3 is 0 Å². The maximum Gasteiger partial charge on any atom is 0.166 e. The summed E-state index contributed by atoms with van der Waals surface area (Å²) in [6.07, 6.45) is 0.0327. The van der Waals surface area contributed by atoms with Crippen molar-refractivity contribution in [1.29, 1.82) is 0 Å². The third kappa shape index (κ3) is 2.19. The molecule has 1 aromatic rings. The monoisotopic (exact) mass is 228 g/mol. The van der Waals surface area contributed by atoms with Crippen molar-refractivity contribution in [2.24, 2.45) is 0 Å². The van der Waals surface area contributed by atoms with E-state index in [0.29, 0.717) is 36.2 Å². The van der Waals surface area contributed by atoms with Crippen LogP contribution in [-0.4, -0.2) is 24.4 Å². The van der Waals surface area contributed by atoms with Crippen LogP contribution >= 0.6 is 11.6 Å². The first-order valence-corrected chi connectivity index (χ1v) is 5.31. The number of aliphatic hydroxyl groups is 1. The summed E-state index contributed by atoms with van der Waals surface area (Å²) in [4.78, 5) is 0. The second kappa shape index (κ2) is 4.29. The van der Waals surface area contributed by atoms with E-state index in [1.807, 2.05) is 0 Å². The van der Waals surface area contributed by atoms with Gasteiger partial charge in [0.2, 0.25) is 0 Å². The normalized spacial score (nSPS) is 16.2. The van der Waals surface area contributed by atoms with Gasteiger partial charge in [-0.3, -0.25) is 0 Å². The average Bonchev–Trinajstić information content (AvgIpc) is 2.22. The zero-order valence-corrected chi connectivity index (χ0v) is 9.25. The molecule has 82 valence electrons. The lowest BCUT2D eigenvalue weighted by Gasteiger charge is -2.22. The molecule has 15 heavy (non-hydrogen) atoms.